The van der Waals surface area contributed by atoms with Crippen molar-refractivity contribution < 1.29 is 9.90 Å². The summed E-state index contributed by atoms with van der Waals surface area (Å²) in [5.41, 5.74) is 0.958. The molecule has 2 N–H and O–H groups in total. The maximum atomic E-state index is 10.9. The van der Waals surface area contributed by atoms with E-state index < -0.39 is 5.97 Å². The largest absolute Gasteiger partial charge is 0.478 e. The van der Waals surface area contributed by atoms with Crippen molar-refractivity contribution >= 4 is 23.3 Å². The molecular weight excluding hydrogens is 250 g/mol. The zero-order valence-corrected chi connectivity index (χ0v) is 11.5. The molecule has 3 nitrogen and oxygen atoms in total. The first-order valence-corrected chi connectivity index (χ1v) is 6.79. The summed E-state index contributed by atoms with van der Waals surface area (Å²) in [5, 5.41) is 12.4. The van der Waals surface area contributed by atoms with Crippen molar-refractivity contribution in [3.63, 3.8) is 0 Å². The second-order valence-electron chi connectivity index (χ2n) is 4.34. The second kappa shape index (κ2) is 7.98. The van der Waals surface area contributed by atoms with Gasteiger partial charge in [0, 0.05) is 12.2 Å². The van der Waals surface area contributed by atoms with Gasteiger partial charge in [0.25, 0.3) is 0 Å². The van der Waals surface area contributed by atoms with Gasteiger partial charge in [-0.15, -0.1) is 0 Å². The average Bonchev–Trinajstić information content (AvgIpc) is 2.35. The number of hydrogen-bond donors (Lipinski definition) is 2. The Kier molecular flexibility index (Phi) is 6.58. The van der Waals surface area contributed by atoms with Crippen molar-refractivity contribution in [2.75, 3.05) is 11.9 Å². The number of rotatable bonds is 8. The van der Waals surface area contributed by atoms with E-state index in [-0.39, 0.29) is 10.6 Å². The van der Waals surface area contributed by atoms with E-state index in [1.165, 1.54) is 25.7 Å². The molecule has 0 heterocycles. The topological polar surface area (TPSA) is 49.3 Å². The van der Waals surface area contributed by atoms with Crippen LogP contribution in [0.25, 0.3) is 0 Å². The quantitative estimate of drug-likeness (QED) is 0.687. The molecule has 18 heavy (non-hydrogen) atoms. The van der Waals surface area contributed by atoms with Crippen LogP contribution in [0.1, 0.15) is 49.4 Å². The molecule has 1 aromatic carbocycles. The maximum Gasteiger partial charge on any atom is 0.337 e. The molecule has 0 aromatic heterocycles. The first-order valence-electron chi connectivity index (χ1n) is 6.42. The number of hydrogen-bond acceptors (Lipinski definition) is 2. The third kappa shape index (κ3) is 4.96. The summed E-state index contributed by atoms with van der Waals surface area (Å²) in [6, 6.07) is 5.00. The molecule has 1 rings (SSSR count). The van der Waals surface area contributed by atoms with Crippen molar-refractivity contribution in [1.82, 2.24) is 0 Å². The van der Waals surface area contributed by atoms with Gasteiger partial charge >= 0.3 is 5.97 Å². The van der Waals surface area contributed by atoms with Crippen LogP contribution in [0.4, 0.5) is 5.69 Å². The Hall–Kier alpha value is -1.22. The fourth-order valence-electron chi connectivity index (χ4n) is 1.76. The Morgan fingerprint density at radius 1 is 1.28 bits per heavy atom. The summed E-state index contributed by atoms with van der Waals surface area (Å²) in [6.45, 7) is 3.06. The zero-order chi connectivity index (χ0) is 13.4. The molecule has 0 atom stereocenters. The average molecular weight is 270 g/mol. The first kappa shape index (κ1) is 14.8. The number of benzene rings is 1. The molecule has 0 bridgehead atoms. The highest BCUT2D eigenvalue weighted by atomic mass is 35.5. The minimum absolute atomic E-state index is 0.146. The molecule has 0 aliphatic carbocycles. The highest BCUT2D eigenvalue weighted by Gasteiger charge is 2.08. The molecule has 0 radical (unpaired) electrons. The smallest absolute Gasteiger partial charge is 0.337 e. The van der Waals surface area contributed by atoms with Crippen molar-refractivity contribution in [1.29, 1.82) is 0 Å². The zero-order valence-electron chi connectivity index (χ0n) is 10.7. The normalized spacial score (nSPS) is 10.3. The van der Waals surface area contributed by atoms with Gasteiger partial charge in [0.1, 0.15) is 0 Å². The molecule has 0 unspecified atom stereocenters. The molecule has 100 valence electrons. The minimum Gasteiger partial charge on any atom is -0.478 e. The van der Waals surface area contributed by atoms with E-state index in [1.807, 2.05) is 0 Å². The summed E-state index contributed by atoms with van der Waals surface area (Å²) in [7, 11) is 0. The standard InChI is InChI=1S/C14H20ClNO2/c1-2-3-4-5-6-9-16-11-7-8-13(15)12(10-11)14(17)18/h7-8,10,16H,2-6,9H2,1H3,(H,17,18). The number of carboxylic acids is 1. The number of aromatic carboxylic acids is 1. The molecule has 0 fully saturated rings. The predicted octanol–water partition coefficient (Wildman–Crippen LogP) is 4.42. The third-order valence-electron chi connectivity index (χ3n) is 2.81. The number of unbranched alkanes of at least 4 members (excludes halogenated alkanes) is 4. The van der Waals surface area contributed by atoms with Crippen molar-refractivity contribution in [2.45, 2.75) is 39.0 Å². The van der Waals surface area contributed by atoms with Gasteiger partial charge in [0.05, 0.1) is 10.6 Å². The summed E-state index contributed by atoms with van der Waals surface area (Å²) in [5.74, 6) is -0.994. The molecule has 0 saturated heterocycles. The number of nitrogens with one attached hydrogen (secondary N) is 1. The van der Waals surface area contributed by atoms with Gasteiger partial charge in [-0.25, -0.2) is 4.79 Å². The van der Waals surface area contributed by atoms with Crippen LogP contribution < -0.4 is 5.32 Å². The van der Waals surface area contributed by atoms with E-state index in [1.54, 1.807) is 18.2 Å². The number of halogens is 1. The van der Waals surface area contributed by atoms with E-state index in [0.29, 0.717) is 0 Å². The van der Waals surface area contributed by atoms with Crippen LogP contribution >= 0.6 is 11.6 Å². The Bertz CT molecular complexity index is 393. The Morgan fingerprint density at radius 3 is 2.67 bits per heavy atom. The summed E-state index contributed by atoms with van der Waals surface area (Å²) in [4.78, 5) is 10.9. The van der Waals surface area contributed by atoms with Crippen LogP contribution in [0.2, 0.25) is 5.02 Å². The lowest BCUT2D eigenvalue weighted by molar-refractivity contribution is 0.0697. The summed E-state index contributed by atoms with van der Waals surface area (Å²) >= 11 is 5.80. The number of carboxylic acid groups (broad SMARTS) is 1. The highest BCUT2D eigenvalue weighted by Crippen LogP contribution is 2.20. The predicted molar refractivity (Wildman–Crippen MR) is 75.7 cm³/mol. The van der Waals surface area contributed by atoms with Crippen LogP contribution in [-0.2, 0) is 0 Å². The van der Waals surface area contributed by atoms with Crippen molar-refractivity contribution in [3.8, 4) is 0 Å². The molecule has 0 spiro atoms. The van der Waals surface area contributed by atoms with E-state index in [4.69, 9.17) is 16.7 Å². The van der Waals surface area contributed by atoms with Crippen molar-refractivity contribution in [3.05, 3.63) is 28.8 Å². The monoisotopic (exact) mass is 269 g/mol. The molecular formula is C14H20ClNO2. The van der Waals surface area contributed by atoms with Crippen molar-refractivity contribution in [2.24, 2.45) is 0 Å². The molecule has 0 aliphatic heterocycles. The summed E-state index contributed by atoms with van der Waals surface area (Å²) in [6.07, 6.45) is 6.10. The van der Waals surface area contributed by atoms with Crippen LogP contribution in [0.3, 0.4) is 0 Å². The fourth-order valence-corrected chi connectivity index (χ4v) is 1.96. The minimum atomic E-state index is -0.994. The molecule has 0 saturated carbocycles. The Morgan fingerprint density at radius 2 is 2.00 bits per heavy atom. The number of anilines is 1. The van der Waals surface area contributed by atoms with E-state index in [0.717, 1.165) is 18.7 Å². The van der Waals surface area contributed by atoms with Crippen LogP contribution in [0.5, 0.6) is 0 Å². The van der Waals surface area contributed by atoms with Gasteiger partial charge in [-0.2, -0.15) is 0 Å². The number of carbonyl (C=O) groups is 1. The van der Waals surface area contributed by atoms with E-state index in [9.17, 15) is 4.79 Å². The lowest BCUT2D eigenvalue weighted by Crippen LogP contribution is -2.04. The van der Waals surface area contributed by atoms with Gasteiger partial charge in [-0.3, -0.25) is 0 Å². The molecule has 1 aromatic rings. The van der Waals surface area contributed by atoms with Crippen LogP contribution in [0, 0.1) is 0 Å². The molecule has 0 amide bonds. The SMILES string of the molecule is CCCCCCCNc1ccc(Cl)c(C(=O)O)c1. The van der Waals surface area contributed by atoms with Gasteiger partial charge in [0.15, 0.2) is 0 Å². The van der Waals surface area contributed by atoms with Crippen LogP contribution in [-0.4, -0.2) is 17.6 Å². The fraction of sp³-hybridized carbons (Fsp3) is 0.500. The lowest BCUT2D eigenvalue weighted by Gasteiger charge is -2.08. The molecule has 0 aliphatic rings. The maximum absolute atomic E-state index is 10.9. The van der Waals surface area contributed by atoms with Gasteiger partial charge in [-0.05, 0) is 24.6 Å². The third-order valence-corrected chi connectivity index (χ3v) is 3.14. The highest BCUT2D eigenvalue weighted by molar-refractivity contribution is 6.33. The van der Waals surface area contributed by atoms with Gasteiger partial charge in [0.2, 0.25) is 0 Å². The van der Waals surface area contributed by atoms with Crippen LogP contribution in [0.15, 0.2) is 18.2 Å². The lowest BCUT2D eigenvalue weighted by atomic mass is 10.1. The van der Waals surface area contributed by atoms with E-state index >= 15 is 0 Å². The second-order valence-corrected chi connectivity index (χ2v) is 4.75. The van der Waals surface area contributed by atoms with Gasteiger partial charge in [-0.1, -0.05) is 44.2 Å². The Balaban J connectivity index is 2.38. The summed E-state index contributed by atoms with van der Waals surface area (Å²) < 4.78 is 0. The van der Waals surface area contributed by atoms with E-state index in [2.05, 4.69) is 12.2 Å². The first-order chi connectivity index (χ1) is 8.65. The molecule has 4 heteroatoms. The Labute approximate surface area is 113 Å². The van der Waals surface area contributed by atoms with Gasteiger partial charge < -0.3 is 10.4 Å².